The number of imidazole rings is 1. The van der Waals surface area contributed by atoms with E-state index in [1.54, 1.807) is 20.3 Å². The Morgan fingerprint density at radius 3 is 2.55 bits per heavy atom. The molecule has 0 aliphatic carbocycles. The topological polar surface area (TPSA) is 73.2 Å². The zero-order chi connectivity index (χ0) is 15.5. The highest BCUT2D eigenvalue weighted by molar-refractivity contribution is 5.94. The summed E-state index contributed by atoms with van der Waals surface area (Å²) >= 11 is 0. The van der Waals surface area contributed by atoms with Crippen molar-refractivity contribution in [2.75, 3.05) is 20.0 Å². The van der Waals surface area contributed by atoms with Crippen molar-refractivity contribution < 1.29 is 9.47 Å². The van der Waals surface area contributed by atoms with Gasteiger partial charge in [-0.05, 0) is 11.6 Å². The summed E-state index contributed by atoms with van der Waals surface area (Å²) in [5, 5.41) is 0. The molecule has 3 rings (SSSR count). The van der Waals surface area contributed by atoms with E-state index in [1.165, 1.54) is 0 Å². The predicted molar refractivity (Wildman–Crippen MR) is 89.0 cm³/mol. The molecule has 1 aromatic heterocycles. The quantitative estimate of drug-likeness (QED) is 0.724. The van der Waals surface area contributed by atoms with Crippen LogP contribution < -0.4 is 15.2 Å². The highest BCUT2D eigenvalue weighted by Crippen LogP contribution is 2.38. The molecule has 3 aromatic rings. The van der Waals surface area contributed by atoms with Gasteiger partial charge in [-0.15, -0.1) is 0 Å². The van der Waals surface area contributed by atoms with E-state index in [9.17, 15) is 0 Å². The Bertz CT molecular complexity index is 823. The first-order chi connectivity index (χ1) is 10.7. The molecule has 0 aliphatic heterocycles. The zero-order valence-corrected chi connectivity index (χ0v) is 12.5. The number of aromatic amines is 1. The number of hydrogen-bond acceptors (Lipinski definition) is 4. The summed E-state index contributed by atoms with van der Waals surface area (Å²) in [6.45, 7) is 0. The summed E-state index contributed by atoms with van der Waals surface area (Å²) < 4.78 is 10.9. The molecule has 0 saturated heterocycles. The summed E-state index contributed by atoms with van der Waals surface area (Å²) in [5.41, 5.74) is 9.28. The third kappa shape index (κ3) is 2.48. The second kappa shape index (κ2) is 5.81. The molecular formula is C17H17N3O2. The average molecular weight is 295 g/mol. The summed E-state index contributed by atoms with van der Waals surface area (Å²) in [4.78, 5) is 7.33. The minimum absolute atomic E-state index is 0.361. The van der Waals surface area contributed by atoms with Crippen molar-refractivity contribution in [1.82, 2.24) is 9.97 Å². The first-order valence-electron chi connectivity index (χ1n) is 6.86. The van der Waals surface area contributed by atoms with Gasteiger partial charge in [-0.3, -0.25) is 0 Å². The van der Waals surface area contributed by atoms with Crippen LogP contribution in [0, 0.1) is 0 Å². The number of H-pyrrole nitrogens is 1. The maximum atomic E-state index is 5.78. The SMILES string of the molecule is COc1cc2nc(N)[nH]c2c(C=Cc2ccccc2)c1OC. The molecule has 5 heteroatoms. The molecule has 0 radical (unpaired) electrons. The first-order valence-corrected chi connectivity index (χ1v) is 6.86. The number of hydrogen-bond donors (Lipinski definition) is 2. The smallest absolute Gasteiger partial charge is 0.198 e. The number of nitrogens with one attached hydrogen (secondary N) is 1. The Hall–Kier alpha value is -2.95. The number of benzene rings is 2. The molecule has 0 spiro atoms. The molecule has 2 aromatic carbocycles. The molecule has 3 N–H and O–H groups in total. The number of rotatable bonds is 4. The molecule has 5 nitrogen and oxygen atoms in total. The molecule has 0 fully saturated rings. The fourth-order valence-corrected chi connectivity index (χ4v) is 2.42. The number of nitrogens with two attached hydrogens (primary N) is 1. The van der Waals surface area contributed by atoms with Gasteiger partial charge in [0.2, 0.25) is 0 Å². The number of ether oxygens (including phenoxy) is 2. The molecule has 112 valence electrons. The number of aromatic nitrogens is 2. The Morgan fingerprint density at radius 2 is 1.86 bits per heavy atom. The van der Waals surface area contributed by atoms with Crippen LogP contribution in [0.4, 0.5) is 5.95 Å². The Kier molecular flexibility index (Phi) is 3.70. The minimum Gasteiger partial charge on any atom is -0.493 e. The highest BCUT2D eigenvalue weighted by atomic mass is 16.5. The second-order valence-electron chi connectivity index (χ2n) is 4.79. The number of fused-ring (bicyclic) bond motifs is 1. The van der Waals surface area contributed by atoms with Crippen LogP contribution in [0.5, 0.6) is 11.5 Å². The lowest BCUT2D eigenvalue weighted by Crippen LogP contribution is -1.94. The molecule has 0 atom stereocenters. The van der Waals surface area contributed by atoms with E-state index < -0.39 is 0 Å². The zero-order valence-electron chi connectivity index (χ0n) is 12.5. The van der Waals surface area contributed by atoms with Crippen LogP contribution in [-0.2, 0) is 0 Å². The van der Waals surface area contributed by atoms with Crippen LogP contribution in [0.15, 0.2) is 36.4 Å². The Morgan fingerprint density at radius 1 is 1.09 bits per heavy atom. The standard InChI is InChI=1S/C17H17N3O2/c1-21-14-10-13-15(20-17(18)19-13)12(16(14)22-2)9-8-11-6-4-3-5-7-11/h3-10H,1-2H3,(H3,18,19,20). The van der Waals surface area contributed by atoms with Crippen LogP contribution in [0.3, 0.4) is 0 Å². The lowest BCUT2D eigenvalue weighted by molar-refractivity contribution is 0.355. The highest BCUT2D eigenvalue weighted by Gasteiger charge is 2.15. The monoisotopic (exact) mass is 295 g/mol. The normalized spacial score (nSPS) is 11.2. The maximum Gasteiger partial charge on any atom is 0.198 e. The summed E-state index contributed by atoms with van der Waals surface area (Å²) in [5.74, 6) is 1.62. The molecule has 0 unspecified atom stereocenters. The van der Waals surface area contributed by atoms with Gasteiger partial charge in [0.05, 0.1) is 25.3 Å². The van der Waals surface area contributed by atoms with Gasteiger partial charge in [0.25, 0.3) is 0 Å². The van der Waals surface area contributed by atoms with Gasteiger partial charge in [-0.2, -0.15) is 0 Å². The van der Waals surface area contributed by atoms with Gasteiger partial charge in [0.15, 0.2) is 17.4 Å². The van der Waals surface area contributed by atoms with Crippen molar-refractivity contribution in [2.45, 2.75) is 0 Å². The number of nitrogen functional groups attached to an aromatic ring is 1. The molecular weight excluding hydrogens is 278 g/mol. The van der Waals surface area contributed by atoms with E-state index in [2.05, 4.69) is 9.97 Å². The fraction of sp³-hybridized carbons (Fsp3) is 0.118. The van der Waals surface area contributed by atoms with Gasteiger partial charge in [-0.25, -0.2) is 4.98 Å². The van der Waals surface area contributed by atoms with Crippen molar-refractivity contribution in [2.24, 2.45) is 0 Å². The minimum atomic E-state index is 0.361. The van der Waals surface area contributed by atoms with Gasteiger partial charge in [0.1, 0.15) is 0 Å². The second-order valence-corrected chi connectivity index (χ2v) is 4.79. The number of nitrogens with zero attached hydrogens (tertiary/aromatic N) is 1. The third-order valence-corrected chi connectivity index (χ3v) is 3.42. The van der Waals surface area contributed by atoms with E-state index in [1.807, 2.05) is 42.5 Å². The van der Waals surface area contributed by atoms with E-state index in [-0.39, 0.29) is 0 Å². The van der Waals surface area contributed by atoms with Crippen molar-refractivity contribution in [3.8, 4) is 11.5 Å². The average Bonchev–Trinajstić information content (AvgIpc) is 2.92. The Labute approximate surface area is 128 Å². The first kappa shape index (κ1) is 14.0. The molecule has 1 heterocycles. The fourth-order valence-electron chi connectivity index (χ4n) is 2.42. The van der Waals surface area contributed by atoms with Crippen LogP contribution in [0.2, 0.25) is 0 Å². The largest absolute Gasteiger partial charge is 0.493 e. The van der Waals surface area contributed by atoms with Crippen molar-refractivity contribution in [1.29, 1.82) is 0 Å². The van der Waals surface area contributed by atoms with Crippen LogP contribution in [0.1, 0.15) is 11.1 Å². The third-order valence-electron chi connectivity index (χ3n) is 3.42. The van der Waals surface area contributed by atoms with Gasteiger partial charge < -0.3 is 20.2 Å². The van der Waals surface area contributed by atoms with Gasteiger partial charge in [0, 0.05) is 11.6 Å². The lowest BCUT2D eigenvalue weighted by atomic mass is 10.1. The summed E-state index contributed by atoms with van der Waals surface area (Å²) in [6, 6.07) is 11.8. The van der Waals surface area contributed by atoms with Crippen LogP contribution in [-0.4, -0.2) is 24.2 Å². The van der Waals surface area contributed by atoms with Crippen molar-refractivity contribution in [3.05, 3.63) is 47.5 Å². The van der Waals surface area contributed by atoms with Crippen LogP contribution in [0.25, 0.3) is 23.2 Å². The van der Waals surface area contributed by atoms with Crippen molar-refractivity contribution in [3.63, 3.8) is 0 Å². The van der Waals surface area contributed by atoms with E-state index in [4.69, 9.17) is 15.2 Å². The van der Waals surface area contributed by atoms with E-state index >= 15 is 0 Å². The van der Waals surface area contributed by atoms with Gasteiger partial charge in [-0.1, -0.05) is 36.4 Å². The molecule has 22 heavy (non-hydrogen) atoms. The molecule has 0 aliphatic rings. The van der Waals surface area contributed by atoms with Crippen molar-refractivity contribution >= 4 is 29.1 Å². The Balaban J connectivity index is 2.19. The predicted octanol–water partition coefficient (Wildman–Crippen LogP) is 3.33. The van der Waals surface area contributed by atoms with E-state index in [0.717, 1.165) is 22.2 Å². The van der Waals surface area contributed by atoms with Gasteiger partial charge >= 0.3 is 0 Å². The lowest BCUT2D eigenvalue weighted by Gasteiger charge is -2.11. The summed E-state index contributed by atoms with van der Waals surface area (Å²) in [7, 11) is 3.22. The molecule has 0 saturated carbocycles. The number of methoxy groups -OCH3 is 2. The summed E-state index contributed by atoms with van der Waals surface area (Å²) in [6.07, 6.45) is 3.98. The van der Waals surface area contributed by atoms with Crippen LogP contribution >= 0.6 is 0 Å². The number of anilines is 1. The molecule has 0 bridgehead atoms. The molecule has 0 amide bonds. The maximum absolute atomic E-state index is 5.78. The van der Waals surface area contributed by atoms with E-state index in [0.29, 0.717) is 17.4 Å².